The largest absolute Gasteiger partial charge is 0.362 e. The summed E-state index contributed by atoms with van der Waals surface area (Å²) < 4.78 is 24.7. The quantitative estimate of drug-likeness (QED) is 0.835. The average Bonchev–Trinajstić information content (AvgIpc) is 2.94. The van der Waals surface area contributed by atoms with Crippen molar-refractivity contribution in [2.24, 2.45) is 0 Å². The molecule has 1 N–H and O–H groups in total. The van der Waals surface area contributed by atoms with Gasteiger partial charge in [-0.1, -0.05) is 6.07 Å². The summed E-state index contributed by atoms with van der Waals surface area (Å²) >= 11 is 0. The lowest BCUT2D eigenvalue weighted by atomic mass is 10.2. The van der Waals surface area contributed by atoms with Crippen LogP contribution in [0.25, 0.3) is 0 Å². The topological polar surface area (TPSA) is 82.6 Å². The van der Waals surface area contributed by atoms with Gasteiger partial charge in [0.15, 0.2) is 0 Å². The molecule has 1 aliphatic rings. The molecule has 7 nitrogen and oxygen atoms in total. The Morgan fingerprint density at radius 1 is 1.50 bits per heavy atom. The predicted molar refractivity (Wildman–Crippen MR) is 85.0 cm³/mol. The van der Waals surface area contributed by atoms with Crippen molar-refractivity contribution in [3.63, 3.8) is 0 Å². The molecule has 0 unspecified atom stereocenters. The molecule has 1 atom stereocenters. The van der Waals surface area contributed by atoms with Crippen LogP contribution in [0.2, 0.25) is 0 Å². The Morgan fingerprint density at radius 2 is 2.23 bits per heavy atom. The van der Waals surface area contributed by atoms with Crippen LogP contribution in [0.1, 0.15) is 18.4 Å². The molecule has 2 rings (SSSR count). The first kappa shape index (κ1) is 16.7. The SMILES string of the molecule is CN(C)c1ncccc1CNC(=O)[C@@H]1CCCN1S(C)(=O)=O. The maximum Gasteiger partial charge on any atom is 0.238 e. The first-order valence-electron chi connectivity index (χ1n) is 7.16. The third-order valence-electron chi connectivity index (χ3n) is 3.68. The molecule has 0 bridgehead atoms. The monoisotopic (exact) mass is 326 g/mol. The van der Waals surface area contributed by atoms with Crippen LogP contribution in [0.5, 0.6) is 0 Å². The number of amides is 1. The third-order valence-corrected chi connectivity index (χ3v) is 4.97. The van der Waals surface area contributed by atoms with Crippen LogP contribution < -0.4 is 10.2 Å². The zero-order chi connectivity index (χ0) is 16.3. The van der Waals surface area contributed by atoms with Crippen molar-refractivity contribution in [2.45, 2.75) is 25.4 Å². The number of hydrogen-bond acceptors (Lipinski definition) is 5. The van der Waals surface area contributed by atoms with E-state index in [1.807, 2.05) is 31.1 Å². The molecule has 0 spiro atoms. The molecule has 1 aromatic rings. The molecule has 1 aliphatic heterocycles. The van der Waals surface area contributed by atoms with Gasteiger partial charge in [-0.15, -0.1) is 0 Å². The lowest BCUT2D eigenvalue weighted by Gasteiger charge is -2.22. The highest BCUT2D eigenvalue weighted by Gasteiger charge is 2.36. The number of carbonyl (C=O) groups excluding carboxylic acids is 1. The minimum Gasteiger partial charge on any atom is -0.362 e. The number of carbonyl (C=O) groups is 1. The van der Waals surface area contributed by atoms with Crippen molar-refractivity contribution < 1.29 is 13.2 Å². The summed E-state index contributed by atoms with van der Waals surface area (Å²) in [6.07, 6.45) is 4.11. The van der Waals surface area contributed by atoms with Gasteiger partial charge >= 0.3 is 0 Å². The second kappa shape index (κ2) is 6.62. The number of nitrogens with one attached hydrogen (secondary N) is 1. The van der Waals surface area contributed by atoms with Crippen molar-refractivity contribution in [3.05, 3.63) is 23.9 Å². The zero-order valence-corrected chi connectivity index (χ0v) is 13.9. The average molecular weight is 326 g/mol. The Balaban J connectivity index is 2.05. The molecule has 2 heterocycles. The number of pyridine rings is 1. The van der Waals surface area contributed by atoms with Gasteiger partial charge < -0.3 is 10.2 Å². The van der Waals surface area contributed by atoms with E-state index in [1.165, 1.54) is 4.31 Å². The van der Waals surface area contributed by atoms with Gasteiger partial charge in [0.25, 0.3) is 0 Å². The number of aromatic nitrogens is 1. The van der Waals surface area contributed by atoms with Crippen molar-refractivity contribution in [3.8, 4) is 0 Å². The normalized spacial score (nSPS) is 19.1. The third kappa shape index (κ3) is 3.75. The van der Waals surface area contributed by atoms with Crippen LogP contribution in [0.3, 0.4) is 0 Å². The number of sulfonamides is 1. The Hall–Kier alpha value is -1.67. The number of hydrogen-bond donors (Lipinski definition) is 1. The second-order valence-corrected chi connectivity index (χ2v) is 7.57. The molecule has 122 valence electrons. The molecule has 22 heavy (non-hydrogen) atoms. The van der Waals surface area contributed by atoms with Crippen molar-refractivity contribution in [2.75, 3.05) is 31.8 Å². The minimum absolute atomic E-state index is 0.253. The molecule has 1 fully saturated rings. The van der Waals surface area contributed by atoms with Crippen LogP contribution >= 0.6 is 0 Å². The Morgan fingerprint density at radius 3 is 2.86 bits per heavy atom. The molecular formula is C14H22N4O3S. The molecule has 0 aromatic carbocycles. The van der Waals surface area contributed by atoms with E-state index in [0.29, 0.717) is 25.9 Å². The predicted octanol–water partition coefficient (Wildman–Crippen LogP) is 0.188. The smallest absolute Gasteiger partial charge is 0.238 e. The maximum absolute atomic E-state index is 12.3. The summed E-state index contributed by atoms with van der Waals surface area (Å²) in [5.41, 5.74) is 0.893. The number of anilines is 1. The van der Waals surface area contributed by atoms with E-state index in [-0.39, 0.29) is 5.91 Å². The van der Waals surface area contributed by atoms with E-state index < -0.39 is 16.1 Å². The van der Waals surface area contributed by atoms with Gasteiger partial charge in [0.2, 0.25) is 15.9 Å². The van der Waals surface area contributed by atoms with E-state index >= 15 is 0 Å². The fraction of sp³-hybridized carbons (Fsp3) is 0.571. The van der Waals surface area contributed by atoms with Gasteiger partial charge in [0.1, 0.15) is 11.9 Å². The molecule has 0 saturated carbocycles. The van der Waals surface area contributed by atoms with E-state index in [4.69, 9.17) is 0 Å². The van der Waals surface area contributed by atoms with Crippen molar-refractivity contribution >= 4 is 21.7 Å². The highest BCUT2D eigenvalue weighted by Crippen LogP contribution is 2.21. The van der Waals surface area contributed by atoms with E-state index in [2.05, 4.69) is 10.3 Å². The van der Waals surface area contributed by atoms with Gasteiger partial charge in [-0.05, 0) is 18.9 Å². The molecule has 1 amide bonds. The van der Waals surface area contributed by atoms with Gasteiger partial charge in [-0.2, -0.15) is 4.31 Å². The number of rotatable bonds is 5. The van der Waals surface area contributed by atoms with Crippen molar-refractivity contribution in [1.29, 1.82) is 0 Å². The molecule has 0 radical (unpaired) electrons. The second-order valence-electron chi connectivity index (χ2n) is 5.63. The summed E-state index contributed by atoms with van der Waals surface area (Å²) in [6, 6.07) is 3.10. The Bertz CT molecular complexity index is 645. The van der Waals surface area contributed by atoms with Crippen LogP contribution in [-0.2, 0) is 21.4 Å². The standard InChI is InChI=1S/C14H22N4O3S/c1-17(2)13-11(6-4-8-15-13)10-16-14(19)12-7-5-9-18(12)22(3,20)21/h4,6,8,12H,5,7,9-10H2,1-3H3,(H,16,19)/t12-/m0/s1. The van der Waals surface area contributed by atoms with E-state index in [1.54, 1.807) is 6.20 Å². The molecule has 0 aliphatic carbocycles. The van der Waals surface area contributed by atoms with Gasteiger partial charge in [-0.3, -0.25) is 4.79 Å². The van der Waals surface area contributed by atoms with E-state index in [9.17, 15) is 13.2 Å². The van der Waals surface area contributed by atoms with Crippen LogP contribution in [0, 0.1) is 0 Å². The van der Waals surface area contributed by atoms with Crippen molar-refractivity contribution in [1.82, 2.24) is 14.6 Å². The highest BCUT2D eigenvalue weighted by atomic mass is 32.2. The lowest BCUT2D eigenvalue weighted by Crippen LogP contribution is -2.45. The Labute approximate surface area is 131 Å². The highest BCUT2D eigenvalue weighted by molar-refractivity contribution is 7.88. The molecule has 1 aromatic heterocycles. The summed E-state index contributed by atoms with van der Waals surface area (Å²) in [7, 11) is 0.421. The van der Waals surface area contributed by atoms with E-state index in [0.717, 1.165) is 17.6 Å². The summed E-state index contributed by atoms with van der Waals surface area (Å²) in [5.74, 6) is 0.533. The summed E-state index contributed by atoms with van der Waals surface area (Å²) in [5, 5.41) is 2.83. The van der Waals surface area contributed by atoms with Gasteiger partial charge in [0, 0.05) is 38.9 Å². The maximum atomic E-state index is 12.3. The fourth-order valence-corrected chi connectivity index (χ4v) is 3.79. The minimum atomic E-state index is -3.35. The molecular weight excluding hydrogens is 304 g/mol. The van der Waals surface area contributed by atoms with Crippen LogP contribution in [0.4, 0.5) is 5.82 Å². The van der Waals surface area contributed by atoms with Crippen LogP contribution in [-0.4, -0.2) is 56.6 Å². The molecule has 1 saturated heterocycles. The Kier molecular flexibility index (Phi) is 5.02. The number of nitrogens with zero attached hydrogens (tertiary/aromatic N) is 3. The summed E-state index contributed by atoms with van der Waals surface area (Å²) in [6.45, 7) is 0.737. The fourth-order valence-electron chi connectivity index (χ4n) is 2.67. The van der Waals surface area contributed by atoms with Gasteiger partial charge in [-0.25, -0.2) is 13.4 Å². The molecule has 8 heteroatoms. The summed E-state index contributed by atoms with van der Waals surface area (Å²) in [4.78, 5) is 18.5. The van der Waals surface area contributed by atoms with Crippen LogP contribution in [0.15, 0.2) is 18.3 Å². The van der Waals surface area contributed by atoms with Gasteiger partial charge in [0.05, 0.1) is 6.26 Å². The lowest BCUT2D eigenvalue weighted by molar-refractivity contribution is -0.124. The zero-order valence-electron chi connectivity index (χ0n) is 13.1. The first-order chi connectivity index (χ1) is 10.3. The first-order valence-corrected chi connectivity index (χ1v) is 9.01.